The van der Waals surface area contributed by atoms with Crippen molar-refractivity contribution in [2.24, 2.45) is 11.3 Å². The predicted octanol–water partition coefficient (Wildman–Crippen LogP) is 6.93. The van der Waals surface area contributed by atoms with E-state index in [0.717, 1.165) is 16.7 Å². The molecule has 1 aliphatic carbocycles. The van der Waals surface area contributed by atoms with Crippen molar-refractivity contribution in [3.8, 4) is 17.1 Å². The number of rotatable bonds is 7. The predicted molar refractivity (Wildman–Crippen MR) is 161 cm³/mol. The molecule has 3 aromatic rings. The average Bonchev–Trinajstić information content (AvgIpc) is 3.75. The van der Waals surface area contributed by atoms with Crippen molar-refractivity contribution in [3.05, 3.63) is 65.2 Å². The number of aromatic nitrogens is 2. The molecule has 1 amide bonds. The minimum absolute atomic E-state index is 0.0412. The van der Waals surface area contributed by atoms with Crippen LogP contribution in [0.2, 0.25) is 0 Å². The number of hydrogen-bond donors (Lipinski definition) is 1. The van der Waals surface area contributed by atoms with Gasteiger partial charge in [0.1, 0.15) is 6.61 Å². The highest BCUT2D eigenvalue weighted by molar-refractivity contribution is 7.92. The fourth-order valence-electron chi connectivity index (χ4n) is 5.66. The first-order valence-corrected chi connectivity index (χ1v) is 16.3. The second-order valence-corrected chi connectivity index (χ2v) is 14.0. The Morgan fingerprint density at radius 1 is 1.07 bits per heavy atom. The molecule has 1 unspecified atom stereocenters. The highest BCUT2D eigenvalue weighted by atomic mass is 32.2. The van der Waals surface area contributed by atoms with Crippen molar-refractivity contribution in [3.63, 3.8) is 0 Å². The van der Waals surface area contributed by atoms with Crippen LogP contribution in [0.1, 0.15) is 67.4 Å². The van der Waals surface area contributed by atoms with Crippen molar-refractivity contribution in [2.45, 2.75) is 76.9 Å². The van der Waals surface area contributed by atoms with Crippen LogP contribution in [0, 0.1) is 25.2 Å². The molecule has 1 saturated carbocycles. The number of nitrogens with zero attached hydrogens (tertiary/aromatic N) is 3. The van der Waals surface area contributed by atoms with E-state index in [4.69, 9.17) is 4.74 Å². The number of fused-ring (bicyclic) bond motifs is 4. The second kappa shape index (κ2) is 12.0. The molecule has 236 valence electrons. The Kier molecular flexibility index (Phi) is 8.67. The molecule has 4 bridgehead atoms. The zero-order valence-electron chi connectivity index (χ0n) is 25.2. The Morgan fingerprint density at radius 3 is 2.39 bits per heavy atom. The van der Waals surface area contributed by atoms with Crippen LogP contribution in [0.3, 0.4) is 0 Å². The number of amides is 1. The van der Waals surface area contributed by atoms with Crippen molar-refractivity contribution in [1.29, 1.82) is 0 Å². The minimum atomic E-state index is -4.33. The molecule has 1 fully saturated rings. The van der Waals surface area contributed by atoms with Gasteiger partial charge in [0.05, 0.1) is 22.0 Å². The number of sulfonamides is 1. The monoisotopic (exact) mass is 630 g/mol. The summed E-state index contributed by atoms with van der Waals surface area (Å²) in [5.74, 6) is -0.446. The summed E-state index contributed by atoms with van der Waals surface area (Å²) < 4.78 is 77.3. The molecule has 2 aromatic carbocycles. The van der Waals surface area contributed by atoms with E-state index in [1.165, 1.54) is 29.2 Å². The topological polar surface area (TPSA) is 101 Å². The van der Waals surface area contributed by atoms with Crippen LogP contribution in [-0.2, 0) is 10.0 Å². The number of benzene rings is 2. The number of ether oxygens (including phenoxy) is 1. The number of carbonyl (C=O) groups is 1. The van der Waals surface area contributed by atoms with Gasteiger partial charge in [0, 0.05) is 23.7 Å². The van der Waals surface area contributed by atoms with Crippen LogP contribution in [0.5, 0.6) is 5.88 Å². The summed E-state index contributed by atoms with van der Waals surface area (Å²) in [6.07, 6.45) is -3.70. The van der Waals surface area contributed by atoms with Gasteiger partial charge in [-0.1, -0.05) is 38.1 Å². The van der Waals surface area contributed by atoms with Crippen LogP contribution in [0.4, 0.5) is 19.1 Å². The third-order valence-corrected chi connectivity index (χ3v) is 9.87. The number of carbonyl (C=O) groups excluding carboxylic acids is 1. The molecular weight excluding hydrogens is 593 g/mol. The van der Waals surface area contributed by atoms with Crippen molar-refractivity contribution in [2.75, 3.05) is 17.9 Å². The molecular formula is C32H37F3N4O4S. The van der Waals surface area contributed by atoms with E-state index < -0.39 is 33.6 Å². The first kappa shape index (κ1) is 31.7. The van der Waals surface area contributed by atoms with Crippen LogP contribution in [-0.4, -0.2) is 54.6 Å². The van der Waals surface area contributed by atoms with Gasteiger partial charge in [0.25, 0.3) is 15.9 Å². The van der Waals surface area contributed by atoms with Gasteiger partial charge in [-0.2, -0.15) is 18.2 Å². The summed E-state index contributed by atoms with van der Waals surface area (Å²) >= 11 is 0. The van der Waals surface area contributed by atoms with Gasteiger partial charge in [-0.05, 0) is 81.2 Å². The molecule has 8 nitrogen and oxygen atoms in total. The SMILES string of the molecule is Cc1cccc(C)c1-c1cc2nc(n1)NS(=O)(=O)c1cccc(c1)C(=O)N(CCC(C)C)C(CCC1(C(F)(F)F)CC1)CO2. The van der Waals surface area contributed by atoms with Gasteiger partial charge >= 0.3 is 6.18 Å². The van der Waals surface area contributed by atoms with E-state index in [9.17, 15) is 26.4 Å². The number of halogens is 3. The molecule has 12 heteroatoms. The van der Waals surface area contributed by atoms with Crippen molar-refractivity contribution < 1.29 is 31.1 Å². The lowest BCUT2D eigenvalue weighted by Crippen LogP contribution is -2.45. The summed E-state index contributed by atoms with van der Waals surface area (Å²) in [7, 11) is -4.22. The molecule has 0 radical (unpaired) electrons. The van der Waals surface area contributed by atoms with Gasteiger partial charge in [-0.25, -0.2) is 18.1 Å². The maximum atomic E-state index is 14.0. The van der Waals surface area contributed by atoms with E-state index >= 15 is 0 Å². The highest BCUT2D eigenvalue weighted by Crippen LogP contribution is 2.60. The first-order chi connectivity index (χ1) is 20.7. The second-order valence-electron chi connectivity index (χ2n) is 12.3. The molecule has 2 aliphatic rings. The maximum Gasteiger partial charge on any atom is 0.394 e. The van der Waals surface area contributed by atoms with Gasteiger partial charge in [-0.3, -0.25) is 4.79 Å². The third-order valence-electron chi connectivity index (χ3n) is 8.54. The van der Waals surface area contributed by atoms with Crippen molar-refractivity contribution >= 4 is 21.9 Å². The van der Waals surface area contributed by atoms with Crippen LogP contribution in [0.15, 0.2) is 53.4 Å². The number of alkyl halides is 3. The Balaban J connectivity index is 1.62. The highest BCUT2D eigenvalue weighted by Gasteiger charge is 2.62. The fourth-order valence-corrected chi connectivity index (χ4v) is 6.65. The van der Waals surface area contributed by atoms with Gasteiger partial charge in [-0.15, -0.1) is 0 Å². The number of aryl methyl sites for hydroxylation is 2. The summed E-state index contributed by atoms with van der Waals surface area (Å²) in [6.45, 7) is 7.94. The summed E-state index contributed by atoms with van der Waals surface area (Å²) in [5.41, 5.74) is 1.36. The lowest BCUT2D eigenvalue weighted by Gasteiger charge is -2.34. The summed E-state index contributed by atoms with van der Waals surface area (Å²) in [5, 5.41) is 0. The van der Waals surface area contributed by atoms with E-state index in [0.29, 0.717) is 12.1 Å². The van der Waals surface area contributed by atoms with E-state index in [-0.39, 0.29) is 67.0 Å². The van der Waals surface area contributed by atoms with Gasteiger partial charge < -0.3 is 9.64 Å². The zero-order chi connectivity index (χ0) is 31.9. The maximum absolute atomic E-state index is 14.0. The molecule has 1 aliphatic heterocycles. The molecule has 1 N–H and O–H groups in total. The Labute approximate surface area is 256 Å². The number of nitrogens with one attached hydrogen (secondary N) is 1. The van der Waals surface area contributed by atoms with Crippen LogP contribution >= 0.6 is 0 Å². The zero-order valence-corrected chi connectivity index (χ0v) is 26.1. The summed E-state index contributed by atoms with van der Waals surface area (Å²) in [6, 6.07) is 12.2. The lowest BCUT2D eigenvalue weighted by molar-refractivity contribution is -0.189. The average molecular weight is 631 g/mol. The lowest BCUT2D eigenvalue weighted by atomic mass is 9.95. The minimum Gasteiger partial charge on any atom is -0.475 e. The molecule has 44 heavy (non-hydrogen) atoms. The number of anilines is 1. The van der Waals surface area contributed by atoms with Crippen LogP contribution in [0.25, 0.3) is 11.3 Å². The van der Waals surface area contributed by atoms with Crippen LogP contribution < -0.4 is 9.46 Å². The molecule has 1 aromatic heterocycles. The molecule has 5 rings (SSSR count). The molecule has 2 heterocycles. The quantitative estimate of drug-likeness (QED) is 0.304. The molecule has 0 saturated heterocycles. The van der Waals surface area contributed by atoms with Gasteiger partial charge in [0.15, 0.2) is 0 Å². The Bertz CT molecular complexity index is 1640. The third kappa shape index (κ3) is 6.69. The standard InChI is InChI=1S/C32H37F3N4O4S/c1-20(2)12-16-39-24(11-13-31(14-15-31)32(33,34)35)19-43-27-18-26(28-21(3)7-5-8-22(28)4)36-30(37-27)38-44(41,42)25-10-6-9-23(17-25)29(39)40/h5-10,17-18,20,24H,11-16,19H2,1-4H3,(H,36,37,38). The van der Waals surface area contributed by atoms with E-state index in [1.54, 1.807) is 6.07 Å². The fraction of sp³-hybridized carbons (Fsp3) is 0.469. The summed E-state index contributed by atoms with van der Waals surface area (Å²) in [4.78, 5) is 24.2. The van der Waals surface area contributed by atoms with E-state index in [1.807, 2.05) is 45.9 Å². The first-order valence-electron chi connectivity index (χ1n) is 14.8. The van der Waals surface area contributed by atoms with Crippen molar-refractivity contribution in [1.82, 2.24) is 14.9 Å². The largest absolute Gasteiger partial charge is 0.475 e. The number of hydrogen-bond acceptors (Lipinski definition) is 6. The normalized spacial score (nSPS) is 19.3. The van der Waals surface area contributed by atoms with Gasteiger partial charge in [0.2, 0.25) is 11.8 Å². The van der Waals surface area contributed by atoms with E-state index in [2.05, 4.69) is 14.7 Å². The Morgan fingerprint density at radius 2 is 1.75 bits per heavy atom. The Hall–Kier alpha value is -3.67. The smallest absolute Gasteiger partial charge is 0.394 e. The molecule has 1 atom stereocenters. The molecule has 0 spiro atoms.